The topological polar surface area (TPSA) is 68.3 Å². The number of aromatic nitrogens is 1. The highest BCUT2D eigenvalue weighted by atomic mass is 32.1. The molecule has 1 atom stereocenters. The van der Waals surface area contributed by atoms with Gasteiger partial charge in [-0.25, -0.2) is 9.78 Å². The van der Waals surface area contributed by atoms with E-state index in [1.54, 1.807) is 11.3 Å². The third kappa shape index (κ3) is 4.59. The number of esters is 1. The number of nitrogens with zero attached hydrogens (tertiary/aromatic N) is 1. The van der Waals surface area contributed by atoms with Crippen molar-refractivity contribution < 1.29 is 14.3 Å². The number of methoxy groups -OCH3 is 1. The fraction of sp³-hybridized carbons (Fsp3) is 0.643. The molecule has 1 amide bonds. The molecule has 1 heterocycles. The summed E-state index contributed by atoms with van der Waals surface area (Å²) in [6.07, 6.45) is 0.184. The highest BCUT2D eigenvalue weighted by Crippen LogP contribution is 2.19. The number of rotatable bonds is 6. The summed E-state index contributed by atoms with van der Waals surface area (Å²) >= 11 is 1.55. The molecule has 1 N–H and O–H groups in total. The van der Waals surface area contributed by atoms with Crippen molar-refractivity contribution in [1.82, 2.24) is 10.3 Å². The van der Waals surface area contributed by atoms with Gasteiger partial charge in [0, 0.05) is 11.3 Å². The lowest BCUT2D eigenvalue weighted by molar-refractivity contribution is -0.146. The zero-order valence-electron chi connectivity index (χ0n) is 12.6. The lowest BCUT2D eigenvalue weighted by Crippen LogP contribution is -2.45. The normalized spacial score (nSPS) is 12.6. The van der Waals surface area contributed by atoms with Gasteiger partial charge in [0.15, 0.2) is 0 Å². The van der Waals surface area contributed by atoms with E-state index in [2.05, 4.69) is 24.1 Å². The second kappa shape index (κ2) is 7.38. The number of ether oxygens (including phenoxy) is 1. The second-order valence-corrected chi connectivity index (χ2v) is 6.21. The first-order valence-electron chi connectivity index (χ1n) is 6.66. The van der Waals surface area contributed by atoms with E-state index in [1.165, 1.54) is 7.11 Å². The van der Waals surface area contributed by atoms with Gasteiger partial charge in [-0.1, -0.05) is 27.7 Å². The summed E-state index contributed by atoms with van der Waals surface area (Å²) in [6.45, 7) is 7.85. The Morgan fingerprint density at radius 2 is 2.00 bits per heavy atom. The number of thiazole rings is 1. The summed E-state index contributed by atoms with van der Waals surface area (Å²) in [7, 11) is 1.32. The first-order chi connectivity index (χ1) is 9.35. The number of nitrogens with one attached hydrogen (secondary N) is 1. The fourth-order valence-electron chi connectivity index (χ4n) is 1.68. The van der Waals surface area contributed by atoms with Crippen LogP contribution in [0.15, 0.2) is 5.38 Å². The lowest BCUT2D eigenvalue weighted by Gasteiger charge is -2.19. The third-order valence-electron chi connectivity index (χ3n) is 2.84. The van der Waals surface area contributed by atoms with E-state index >= 15 is 0 Å². The van der Waals surface area contributed by atoms with E-state index in [-0.39, 0.29) is 18.2 Å². The SMILES string of the molecule is COC(=O)[C@@H](NC(=O)Cc1csc(C(C)C)n1)C(C)C. The molecule has 0 aromatic carbocycles. The Balaban J connectivity index is 2.63. The summed E-state index contributed by atoms with van der Waals surface area (Å²) in [6, 6.07) is -0.615. The predicted octanol–water partition coefficient (Wildman–Crippen LogP) is 2.12. The molecule has 0 aliphatic carbocycles. The van der Waals surface area contributed by atoms with E-state index in [1.807, 2.05) is 19.2 Å². The highest BCUT2D eigenvalue weighted by molar-refractivity contribution is 7.09. The number of carbonyl (C=O) groups excluding carboxylic acids is 2. The predicted molar refractivity (Wildman–Crippen MR) is 78.7 cm³/mol. The van der Waals surface area contributed by atoms with Gasteiger partial charge in [-0.2, -0.15) is 0 Å². The van der Waals surface area contributed by atoms with Crippen LogP contribution in [0.1, 0.15) is 44.3 Å². The Morgan fingerprint density at radius 1 is 1.35 bits per heavy atom. The Hall–Kier alpha value is -1.43. The molecule has 0 aliphatic heterocycles. The van der Waals surface area contributed by atoms with Gasteiger partial charge in [0.2, 0.25) is 5.91 Å². The standard InChI is InChI=1S/C14H22N2O3S/c1-8(2)12(14(18)19-5)16-11(17)6-10-7-20-13(15-10)9(3)4/h7-9,12H,6H2,1-5H3,(H,16,17)/t12-/m0/s1. The maximum Gasteiger partial charge on any atom is 0.328 e. The van der Waals surface area contributed by atoms with Crippen molar-refractivity contribution in [2.24, 2.45) is 5.92 Å². The van der Waals surface area contributed by atoms with Crippen LogP contribution in [0.2, 0.25) is 0 Å². The van der Waals surface area contributed by atoms with E-state index in [0.717, 1.165) is 10.7 Å². The van der Waals surface area contributed by atoms with Crippen molar-refractivity contribution in [3.63, 3.8) is 0 Å². The Bertz CT molecular complexity index is 469. The minimum Gasteiger partial charge on any atom is -0.467 e. The van der Waals surface area contributed by atoms with Crippen molar-refractivity contribution in [2.45, 2.75) is 46.1 Å². The molecule has 5 nitrogen and oxygen atoms in total. The number of amides is 1. The Morgan fingerprint density at radius 3 is 2.45 bits per heavy atom. The molecule has 0 unspecified atom stereocenters. The molecule has 0 radical (unpaired) electrons. The van der Waals surface area contributed by atoms with E-state index in [0.29, 0.717) is 5.92 Å². The number of hydrogen-bond donors (Lipinski definition) is 1. The van der Waals surface area contributed by atoms with Crippen LogP contribution < -0.4 is 5.32 Å². The van der Waals surface area contributed by atoms with Crippen LogP contribution in [0, 0.1) is 5.92 Å². The third-order valence-corrected chi connectivity index (χ3v) is 4.04. The van der Waals surface area contributed by atoms with Crippen LogP contribution >= 0.6 is 11.3 Å². The molecule has 112 valence electrons. The molecule has 20 heavy (non-hydrogen) atoms. The van der Waals surface area contributed by atoms with Gasteiger partial charge in [-0.15, -0.1) is 11.3 Å². The van der Waals surface area contributed by atoms with Gasteiger partial charge in [0.25, 0.3) is 0 Å². The largest absolute Gasteiger partial charge is 0.467 e. The smallest absolute Gasteiger partial charge is 0.328 e. The molecule has 1 aromatic heterocycles. The monoisotopic (exact) mass is 298 g/mol. The molecule has 1 rings (SSSR count). The summed E-state index contributed by atoms with van der Waals surface area (Å²) < 4.78 is 4.69. The number of carbonyl (C=O) groups is 2. The van der Waals surface area contributed by atoms with E-state index in [9.17, 15) is 9.59 Å². The van der Waals surface area contributed by atoms with Crippen LogP contribution in [0.4, 0.5) is 0 Å². The fourth-order valence-corrected chi connectivity index (χ4v) is 2.52. The molecule has 6 heteroatoms. The molecule has 1 aromatic rings. The van der Waals surface area contributed by atoms with Crippen molar-refractivity contribution in [1.29, 1.82) is 0 Å². The maximum absolute atomic E-state index is 12.0. The zero-order valence-corrected chi connectivity index (χ0v) is 13.4. The van der Waals surface area contributed by atoms with Crippen molar-refractivity contribution in [2.75, 3.05) is 7.11 Å². The second-order valence-electron chi connectivity index (χ2n) is 5.32. The van der Waals surface area contributed by atoms with Crippen LogP contribution in [-0.4, -0.2) is 30.0 Å². The summed E-state index contributed by atoms with van der Waals surface area (Å²) in [5, 5.41) is 5.61. The molecule has 0 saturated heterocycles. The Kier molecular flexibility index (Phi) is 6.13. The Labute approximate surface area is 123 Å². The van der Waals surface area contributed by atoms with Gasteiger partial charge in [0.1, 0.15) is 6.04 Å². The molecular formula is C14H22N2O3S. The zero-order chi connectivity index (χ0) is 15.3. The van der Waals surface area contributed by atoms with Gasteiger partial charge >= 0.3 is 5.97 Å². The summed E-state index contributed by atoms with van der Waals surface area (Å²) in [5.41, 5.74) is 0.739. The average molecular weight is 298 g/mol. The lowest BCUT2D eigenvalue weighted by atomic mass is 10.0. The number of hydrogen-bond acceptors (Lipinski definition) is 5. The molecule has 0 saturated carbocycles. The summed E-state index contributed by atoms with van der Waals surface area (Å²) in [4.78, 5) is 28.0. The van der Waals surface area contributed by atoms with Gasteiger partial charge in [0.05, 0.1) is 24.2 Å². The molecule has 0 bridgehead atoms. The van der Waals surface area contributed by atoms with Crippen LogP contribution in [0.3, 0.4) is 0 Å². The molecule has 0 spiro atoms. The quantitative estimate of drug-likeness (QED) is 0.817. The first-order valence-corrected chi connectivity index (χ1v) is 7.54. The maximum atomic E-state index is 12.0. The molecular weight excluding hydrogens is 276 g/mol. The van der Waals surface area contributed by atoms with Gasteiger partial charge in [-0.3, -0.25) is 4.79 Å². The summed E-state index contributed by atoms with van der Waals surface area (Å²) in [5.74, 6) is -0.299. The molecule has 0 aliphatic rings. The van der Waals surface area contributed by atoms with Crippen LogP contribution in [0.25, 0.3) is 0 Å². The van der Waals surface area contributed by atoms with Crippen molar-refractivity contribution in [3.8, 4) is 0 Å². The molecule has 0 fully saturated rings. The van der Waals surface area contributed by atoms with Crippen molar-refractivity contribution >= 4 is 23.2 Å². The first kappa shape index (κ1) is 16.6. The van der Waals surface area contributed by atoms with Gasteiger partial charge < -0.3 is 10.1 Å². The highest BCUT2D eigenvalue weighted by Gasteiger charge is 2.25. The van der Waals surface area contributed by atoms with Crippen LogP contribution in [-0.2, 0) is 20.7 Å². The van der Waals surface area contributed by atoms with E-state index in [4.69, 9.17) is 4.74 Å². The van der Waals surface area contributed by atoms with E-state index < -0.39 is 12.0 Å². The van der Waals surface area contributed by atoms with Crippen molar-refractivity contribution in [3.05, 3.63) is 16.1 Å². The van der Waals surface area contributed by atoms with Crippen LogP contribution in [0.5, 0.6) is 0 Å². The minimum atomic E-state index is -0.615. The average Bonchev–Trinajstić information content (AvgIpc) is 2.83. The van der Waals surface area contributed by atoms with Gasteiger partial charge in [-0.05, 0) is 5.92 Å². The minimum absolute atomic E-state index is 0.0203.